The minimum atomic E-state index is -1.66. The van der Waals surface area contributed by atoms with Crippen molar-refractivity contribution in [1.29, 1.82) is 0 Å². The van der Waals surface area contributed by atoms with Crippen LogP contribution in [-0.4, -0.2) is 207 Å². The highest BCUT2D eigenvalue weighted by Gasteiger charge is 2.31. The molecular formula is C48H94O26. The predicted octanol–water partition coefficient (Wildman–Crippen LogP) is 1.88. The molecule has 0 saturated carbocycles. The second kappa shape index (κ2) is 55.4. The van der Waals surface area contributed by atoms with E-state index in [4.69, 9.17) is 86.5 Å². The predicted molar refractivity (Wildman–Crippen MR) is 272 cm³/mol. The molecule has 442 valence electrons. The molecule has 0 radical (unpaired) electrons. The molecule has 0 bridgehead atoms. The number of carboxylic acid groups (broad SMARTS) is 6. The highest BCUT2D eigenvalue weighted by Crippen LogP contribution is 2.26. The summed E-state index contributed by atoms with van der Waals surface area (Å²) in [6.45, 7) is 14.7. The Morgan fingerprint density at radius 3 is 1.16 bits per heavy atom. The van der Waals surface area contributed by atoms with Gasteiger partial charge in [-0.05, 0) is 67.7 Å². The molecule has 26 nitrogen and oxygen atoms in total. The first-order valence-corrected chi connectivity index (χ1v) is 21.7. The smallest absolute Gasteiger partial charge is 0.335 e. The van der Waals surface area contributed by atoms with Gasteiger partial charge in [-0.25, -0.2) is 4.79 Å². The molecule has 0 spiro atoms. The average Bonchev–Trinajstić information content (AvgIpc) is 3.38. The van der Waals surface area contributed by atoms with Crippen LogP contribution in [0.15, 0.2) is 35.8 Å². The summed E-state index contributed by atoms with van der Waals surface area (Å²) in [7, 11) is 0. The number of carbonyl (C=O) groups excluding carboxylic acids is 1. The summed E-state index contributed by atoms with van der Waals surface area (Å²) < 4.78 is 0. The number of aryl methyl sites for hydroxylation is 2. The zero-order valence-corrected chi connectivity index (χ0v) is 41.9. The molecule has 10 unspecified atom stereocenters. The van der Waals surface area contributed by atoms with Crippen LogP contribution in [0.1, 0.15) is 134 Å². The lowest BCUT2D eigenvalue weighted by molar-refractivity contribution is -0.152. The fourth-order valence-electron chi connectivity index (χ4n) is 3.89. The Balaban J connectivity index is -0.0000000795. The molecule has 74 heavy (non-hydrogen) atoms. The quantitative estimate of drug-likeness (QED) is 0.119. The maximum atomic E-state index is 11.1. The lowest BCUT2D eigenvalue weighted by Gasteiger charge is -2.23. The normalized spacial score (nSPS) is 15.4. The van der Waals surface area contributed by atoms with E-state index in [1.54, 1.807) is 27.7 Å². The summed E-state index contributed by atoms with van der Waals surface area (Å²) in [6.07, 6.45) is -9.23. The molecule has 0 amide bonds. The third-order valence-corrected chi connectivity index (χ3v) is 7.82. The lowest BCUT2D eigenvalue weighted by atomic mass is 9.96. The van der Waals surface area contributed by atoms with Gasteiger partial charge in [0.1, 0.15) is 24.1 Å². The number of hydrogen-bond acceptors (Lipinski definition) is 20. The van der Waals surface area contributed by atoms with Crippen LogP contribution in [0.3, 0.4) is 0 Å². The zero-order valence-electron chi connectivity index (χ0n) is 41.9. The van der Waals surface area contributed by atoms with Crippen LogP contribution in [0, 0.1) is 25.7 Å². The van der Waals surface area contributed by atoms with Crippen molar-refractivity contribution in [3.05, 3.63) is 46.9 Å². The van der Waals surface area contributed by atoms with Crippen molar-refractivity contribution in [2.75, 3.05) is 13.2 Å². The molecule has 19 N–H and O–H groups in total. The van der Waals surface area contributed by atoms with Crippen LogP contribution in [0.2, 0.25) is 0 Å². The van der Waals surface area contributed by atoms with Crippen molar-refractivity contribution < 1.29 is 131 Å². The molecule has 0 aliphatic heterocycles. The van der Waals surface area contributed by atoms with Crippen LogP contribution < -0.4 is 0 Å². The molecule has 0 heterocycles. The number of hydrogen-bond donors (Lipinski definition) is 19. The molecular weight excluding hydrogens is 993 g/mol. The summed E-state index contributed by atoms with van der Waals surface area (Å²) >= 11 is 0. The van der Waals surface area contributed by atoms with Gasteiger partial charge >= 0.3 is 29.8 Å². The van der Waals surface area contributed by atoms with Gasteiger partial charge in [0.15, 0.2) is 11.9 Å². The molecule has 26 heteroatoms. The van der Waals surface area contributed by atoms with Crippen molar-refractivity contribution in [3.8, 4) is 0 Å². The molecule has 2 rings (SSSR count). The van der Waals surface area contributed by atoms with Gasteiger partial charge in [0.25, 0.3) is 5.97 Å². The van der Waals surface area contributed by atoms with E-state index in [1.807, 2.05) is 0 Å². The average molecular weight is 1090 g/mol. The van der Waals surface area contributed by atoms with Gasteiger partial charge in [0.05, 0.1) is 56.4 Å². The molecule has 1 aromatic rings. The van der Waals surface area contributed by atoms with Crippen molar-refractivity contribution >= 4 is 41.6 Å². The summed E-state index contributed by atoms with van der Waals surface area (Å²) in [4.78, 5) is 69.0. The number of carbonyl (C=O) groups is 7. The topological polar surface area (TPSA) is 504 Å². The van der Waals surface area contributed by atoms with Crippen LogP contribution in [0.5, 0.6) is 0 Å². The minimum Gasteiger partial charge on any atom is -0.508 e. The number of rotatable bonds is 15. The van der Waals surface area contributed by atoms with E-state index in [9.17, 15) is 44.1 Å². The van der Waals surface area contributed by atoms with Gasteiger partial charge in [-0.3, -0.25) is 28.8 Å². The van der Waals surface area contributed by atoms with E-state index in [0.717, 1.165) is 6.92 Å². The van der Waals surface area contributed by atoms with Crippen molar-refractivity contribution in [2.24, 2.45) is 11.8 Å². The summed E-state index contributed by atoms with van der Waals surface area (Å²) in [6, 6.07) is 8.48. The third-order valence-electron chi connectivity index (χ3n) is 7.82. The van der Waals surface area contributed by atoms with Gasteiger partial charge in [-0.1, -0.05) is 71.5 Å². The summed E-state index contributed by atoms with van der Waals surface area (Å²) in [5, 5.41) is 161. The Morgan fingerprint density at radius 1 is 0.608 bits per heavy atom. The number of benzene rings is 1. The maximum Gasteiger partial charge on any atom is 0.335 e. The largest absolute Gasteiger partial charge is 0.508 e. The number of carboxylic acids is 6. The number of aliphatic hydroxyl groups is 13. The molecule has 1 aliphatic carbocycles. The standard InChI is InChI=1S/C9H14O5.C8H10.C6H14O5.C6H10O4.C4H8O4.C4H8O3.C3H6O2.C3H8O.C2H4O2.3CH4/c10-4-7(12)5-2-1-3-6(11)9(14)8(5)13;1-7-3-5-8(2)6-4-7;1-3(8)5(10)6(11)4(9)2-7;1-2-4(6(9)10)3-5(7)8;1-2(5)3(6)4(7)8;1-3(5)2-4(6)7;1-2-3(4)5;1-3(2)4;1-2(3)4;;;/h5,7,10,12-14H,1-4H2;3-6H,1-2H3;3-11H,2H2,1H3;4H,2-3H2,1H3,(H,7,8)(H,9,10);2-3,5-6H,1H3,(H,7,8);3,5H,2H2,1H3,(H,6,7);2H2,1H3,(H,4,5);3-4H,1-2H3;1H3,(H,3,4);3*1H4. The SMILES string of the molecule is C.C.C.CC(=O)O.CC(C)O.CC(O)C(O)C(=O)O.CC(O)C(O)C(O)C(O)CO.CC(O)CC(=O)O.CCC(=O)O.CCC(CC(=O)O)C(=O)O.Cc1ccc(C)cc1.O=C1CCCC(C(O)CO)C(O)=C1O. The van der Waals surface area contributed by atoms with Crippen LogP contribution >= 0.6 is 0 Å². The first kappa shape index (κ1) is 91.3. The van der Waals surface area contributed by atoms with E-state index >= 15 is 0 Å². The van der Waals surface area contributed by atoms with E-state index in [0.29, 0.717) is 19.3 Å². The van der Waals surface area contributed by atoms with Crippen LogP contribution in [0.4, 0.5) is 0 Å². The zero-order chi connectivity index (χ0) is 57.9. The van der Waals surface area contributed by atoms with Crippen LogP contribution in [0.25, 0.3) is 0 Å². The lowest BCUT2D eigenvalue weighted by Crippen LogP contribution is -2.44. The summed E-state index contributed by atoms with van der Waals surface area (Å²) in [5.74, 6) is -9.23. The third kappa shape index (κ3) is 64.6. The highest BCUT2D eigenvalue weighted by molar-refractivity contribution is 5.93. The number of aliphatic carboxylic acids is 6. The van der Waals surface area contributed by atoms with E-state index < -0.39 is 127 Å². The minimum absolute atomic E-state index is 0. The molecule has 0 saturated heterocycles. The molecule has 1 aliphatic rings. The maximum absolute atomic E-state index is 11.1. The number of ketones is 1. The van der Waals surface area contributed by atoms with Crippen molar-refractivity contribution in [1.82, 2.24) is 0 Å². The van der Waals surface area contributed by atoms with Gasteiger partial charge < -0.3 is 97.0 Å². The van der Waals surface area contributed by atoms with Crippen molar-refractivity contribution in [3.63, 3.8) is 0 Å². The Hall–Kier alpha value is -5.39. The molecule has 0 fully saturated rings. The first-order chi connectivity index (χ1) is 32.4. The van der Waals surface area contributed by atoms with Gasteiger partial charge in [-0.15, -0.1) is 0 Å². The van der Waals surface area contributed by atoms with E-state index in [2.05, 4.69) is 38.1 Å². The monoisotopic (exact) mass is 1090 g/mol. The Labute approximate surface area is 434 Å². The fraction of sp³-hybridized carbons (Fsp3) is 0.688. The van der Waals surface area contributed by atoms with Gasteiger partial charge in [0.2, 0.25) is 5.78 Å². The molecule has 1 aromatic carbocycles. The number of allylic oxidation sites excluding steroid dienone is 1. The number of Topliss-reactive ketones (excluding diaryl/α,β-unsaturated/α-hetero) is 1. The van der Waals surface area contributed by atoms with Gasteiger partial charge in [0, 0.05) is 31.8 Å². The number of aliphatic hydroxyl groups excluding tert-OH is 13. The Bertz CT molecular complexity index is 1570. The fourth-order valence-corrected chi connectivity index (χ4v) is 3.89. The van der Waals surface area contributed by atoms with Crippen LogP contribution in [-0.2, 0) is 33.6 Å². The Morgan fingerprint density at radius 2 is 0.973 bits per heavy atom. The Kier molecular flexibility index (Phi) is 68.3. The molecule has 0 aromatic heterocycles. The molecule has 10 atom stereocenters. The second-order valence-electron chi connectivity index (χ2n) is 15.4. The second-order valence-corrected chi connectivity index (χ2v) is 15.4. The summed E-state index contributed by atoms with van der Waals surface area (Å²) in [5.41, 5.74) is 2.66. The van der Waals surface area contributed by atoms with E-state index in [-0.39, 0.29) is 54.1 Å². The van der Waals surface area contributed by atoms with E-state index in [1.165, 1.54) is 31.9 Å². The van der Waals surface area contributed by atoms with Gasteiger partial charge in [-0.2, -0.15) is 0 Å². The first-order valence-electron chi connectivity index (χ1n) is 21.7. The van der Waals surface area contributed by atoms with Crippen molar-refractivity contribution in [2.45, 2.75) is 191 Å². The highest BCUT2D eigenvalue weighted by atomic mass is 16.4.